The van der Waals surface area contributed by atoms with Crippen LogP contribution in [0.2, 0.25) is 0 Å². The molecule has 0 aliphatic rings. The number of halogens is 1. The zero-order valence-electron chi connectivity index (χ0n) is 6.64. The maximum atomic E-state index is 9.33. The van der Waals surface area contributed by atoms with Gasteiger partial charge in [0.25, 0.3) is 0 Å². The van der Waals surface area contributed by atoms with Crippen LogP contribution in [0.25, 0.3) is 10.9 Å². The molecule has 1 heterocycles. The number of aromatic hydroxyl groups is 2. The van der Waals surface area contributed by atoms with E-state index in [0.717, 1.165) is 5.39 Å². The molecule has 0 bridgehead atoms. The number of pyridine rings is 1. The smallest absolute Gasteiger partial charge is 0.145 e. The number of benzene rings is 1. The third-order valence-electron chi connectivity index (χ3n) is 1.67. The van der Waals surface area contributed by atoms with Crippen LogP contribution < -0.4 is 0 Å². The van der Waals surface area contributed by atoms with Gasteiger partial charge in [-0.1, -0.05) is 6.07 Å². The lowest BCUT2D eigenvalue weighted by molar-refractivity contribution is 0.454. The highest BCUT2D eigenvalue weighted by molar-refractivity contribution is 5.85. The number of hydrogen-bond donors (Lipinski definition) is 2. The predicted molar refractivity (Wildman–Crippen MR) is 52.3 cm³/mol. The molecule has 0 radical (unpaired) electrons. The molecule has 0 amide bonds. The van der Waals surface area contributed by atoms with Crippen molar-refractivity contribution in [1.29, 1.82) is 0 Å². The molecule has 3 nitrogen and oxygen atoms in total. The Morgan fingerprint density at radius 2 is 1.92 bits per heavy atom. The molecule has 0 atom stereocenters. The molecule has 0 aliphatic carbocycles. The average molecular weight is 198 g/mol. The largest absolute Gasteiger partial charge is 0.508 e. The first-order valence-corrected chi connectivity index (χ1v) is 3.54. The van der Waals surface area contributed by atoms with Crippen molar-refractivity contribution < 1.29 is 10.2 Å². The number of rotatable bonds is 0. The number of phenolic OH excluding ortho intramolecular Hbond substituents is 2. The highest BCUT2D eigenvalue weighted by atomic mass is 35.5. The molecule has 0 saturated heterocycles. The van der Waals surface area contributed by atoms with Crippen LogP contribution in [-0.2, 0) is 0 Å². The zero-order chi connectivity index (χ0) is 8.55. The highest BCUT2D eigenvalue weighted by Gasteiger charge is 2.01. The second-order valence-corrected chi connectivity index (χ2v) is 2.54. The summed E-state index contributed by atoms with van der Waals surface area (Å²) in [6, 6.07) is 6.36. The van der Waals surface area contributed by atoms with Crippen molar-refractivity contribution in [2.24, 2.45) is 0 Å². The Hall–Kier alpha value is -1.48. The van der Waals surface area contributed by atoms with Gasteiger partial charge in [-0.2, -0.15) is 0 Å². The summed E-state index contributed by atoms with van der Waals surface area (Å²) in [7, 11) is 0. The van der Waals surface area contributed by atoms with Crippen LogP contribution in [-0.4, -0.2) is 15.2 Å². The fourth-order valence-electron chi connectivity index (χ4n) is 1.16. The van der Waals surface area contributed by atoms with E-state index in [2.05, 4.69) is 4.98 Å². The third-order valence-corrected chi connectivity index (χ3v) is 1.67. The lowest BCUT2D eigenvalue weighted by atomic mass is 10.2. The summed E-state index contributed by atoms with van der Waals surface area (Å²) in [5, 5.41) is 19.2. The maximum absolute atomic E-state index is 9.33. The SMILES string of the molecule is Cl.Oc1cc(O)c2ncccc2c1. The van der Waals surface area contributed by atoms with Gasteiger partial charge in [0.1, 0.15) is 17.0 Å². The van der Waals surface area contributed by atoms with Gasteiger partial charge in [0, 0.05) is 17.6 Å². The first-order valence-electron chi connectivity index (χ1n) is 3.54. The van der Waals surface area contributed by atoms with E-state index in [9.17, 15) is 5.11 Å². The summed E-state index contributed by atoms with van der Waals surface area (Å²) < 4.78 is 0. The van der Waals surface area contributed by atoms with E-state index in [1.165, 1.54) is 6.07 Å². The number of hydrogen-bond acceptors (Lipinski definition) is 3. The Morgan fingerprint density at radius 1 is 1.15 bits per heavy atom. The van der Waals surface area contributed by atoms with E-state index in [1.54, 1.807) is 24.4 Å². The minimum atomic E-state index is 0. The fraction of sp³-hybridized carbons (Fsp3) is 0. The Kier molecular flexibility index (Phi) is 2.58. The Labute approximate surface area is 81.1 Å². The minimum absolute atomic E-state index is 0. The summed E-state index contributed by atoms with van der Waals surface area (Å²) in [5.41, 5.74) is 0.510. The molecule has 2 rings (SSSR count). The van der Waals surface area contributed by atoms with Gasteiger partial charge >= 0.3 is 0 Å². The van der Waals surface area contributed by atoms with E-state index < -0.39 is 0 Å². The van der Waals surface area contributed by atoms with Crippen molar-refractivity contribution in [2.45, 2.75) is 0 Å². The van der Waals surface area contributed by atoms with Gasteiger partial charge in [0.2, 0.25) is 0 Å². The lowest BCUT2D eigenvalue weighted by Crippen LogP contribution is -1.77. The van der Waals surface area contributed by atoms with Crippen LogP contribution in [0.5, 0.6) is 11.5 Å². The van der Waals surface area contributed by atoms with Gasteiger partial charge < -0.3 is 10.2 Å². The van der Waals surface area contributed by atoms with Crippen molar-refractivity contribution >= 4 is 23.3 Å². The van der Waals surface area contributed by atoms with Crippen molar-refractivity contribution in [3.63, 3.8) is 0 Å². The first kappa shape index (κ1) is 9.61. The minimum Gasteiger partial charge on any atom is -0.508 e. The van der Waals surface area contributed by atoms with Crippen molar-refractivity contribution in [2.75, 3.05) is 0 Å². The Balaban J connectivity index is 0.000000845. The van der Waals surface area contributed by atoms with Gasteiger partial charge in [-0.25, -0.2) is 0 Å². The lowest BCUT2D eigenvalue weighted by Gasteiger charge is -1.99. The molecule has 1 aromatic heterocycles. The molecule has 0 saturated carbocycles. The molecule has 0 aliphatic heterocycles. The summed E-state index contributed by atoms with van der Waals surface area (Å²) in [6.45, 7) is 0. The van der Waals surface area contributed by atoms with Gasteiger partial charge in [-0.15, -0.1) is 12.4 Å². The maximum Gasteiger partial charge on any atom is 0.145 e. The monoisotopic (exact) mass is 197 g/mol. The van der Waals surface area contributed by atoms with E-state index in [0.29, 0.717) is 5.52 Å². The summed E-state index contributed by atoms with van der Waals surface area (Å²) in [6.07, 6.45) is 1.60. The van der Waals surface area contributed by atoms with E-state index in [-0.39, 0.29) is 23.9 Å². The number of fused-ring (bicyclic) bond motifs is 1. The molecular weight excluding hydrogens is 190 g/mol. The average Bonchev–Trinajstić information content (AvgIpc) is 2.04. The van der Waals surface area contributed by atoms with Crippen LogP contribution in [0, 0.1) is 0 Å². The molecule has 68 valence electrons. The van der Waals surface area contributed by atoms with Crippen LogP contribution in [0.4, 0.5) is 0 Å². The third kappa shape index (κ3) is 1.65. The number of nitrogens with zero attached hydrogens (tertiary/aromatic N) is 1. The topological polar surface area (TPSA) is 53.4 Å². The number of aromatic nitrogens is 1. The van der Waals surface area contributed by atoms with Crippen molar-refractivity contribution in [1.82, 2.24) is 4.98 Å². The fourth-order valence-corrected chi connectivity index (χ4v) is 1.16. The predicted octanol–water partition coefficient (Wildman–Crippen LogP) is 2.07. The zero-order valence-corrected chi connectivity index (χ0v) is 7.45. The van der Waals surface area contributed by atoms with Gasteiger partial charge in [-0.05, 0) is 12.1 Å². The molecule has 0 spiro atoms. The van der Waals surface area contributed by atoms with Gasteiger partial charge in [0.05, 0.1) is 0 Å². The quantitative estimate of drug-likeness (QED) is 0.680. The van der Waals surface area contributed by atoms with E-state index >= 15 is 0 Å². The second kappa shape index (κ2) is 3.49. The molecule has 0 unspecified atom stereocenters. The summed E-state index contributed by atoms with van der Waals surface area (Å²) >= 11 is 0. The molecule has 2 N–H and O–H groups in total. The second-order valence-electron chi connectivity index (χ2n) is 2.54. The van der Waals surface area contributed by atoms with E-state index in [4.69, 9.17) is 5.11 Å². The molecule has 1 aromatic carbocycles. The molecular formula is C9H8ClNO2. The van der Waals surface area contributed by atoms with Crippen LogP contribution in [0.3, 0.4) is 0 Å². The molecule has 2 aromatic rings. The molecule has 13 heavy (non-hydrogen) atoms. The van der Waals surface area contributed by atoms with Crippen LogP contribution >= 0.6 is 12.4 Å². The van der Waals surface area contributed by atoms with Gasteiger partial charge in [-0.3, -0.25) is 4.98 Å². The van der Waals surface area contributed by atoms with E-state index in [1.807, 2.05) is 0 Å². The van der Waals surface area contributed by atoms with Crippen molar-refractivity contribution in [3.05, 3.63) is 30.5 Å². The summed E-state index contributed by atoms with van der Waals surface area (Å²) in [5.74, 6) is 0.0543. The van der Waals surface area contributed by atoms with Gasteiger partial charge in [0.15, 0.2) is 0 Å². The number of phenols is 2. The van der Waals surface area contributed by atoms with Crippen LogP contribution in [0.1, 0.15) is 0 Å². The molecule has 0 fully saturated rings. The highest BCUT2D eigenvalue weighted by Crippen LogP contribution is 2.27. The Bertz CT molecular complexity index is 431. The summed E-state index contributed by atoms with van der Waals surface area (Å²) in [4.78, 5) is 3.96. The standard InChI is InChI=1S/C9H7NO2.ClH/c11-7-4-6-2-1-3-10-9(6)8(12)5-7;/h1-5,11-12H;1H. The van der Waals surface area contributed by atoms with Crippen molar-refractivity contribution in [3.8, 4) is 11.5 Å². The normalized spacial score (nSPS) is 9.54. The first-order chi connectivity index (χ1) is 5.77. The molecule has 4 heteroatoms. The Morgan fingerprint density at radius 3 is 2.69 bits per heavy atom. The van der Waals surface area contributed by atoms with Crippen LogP contribution in [0.15, 0.2) is 30.5 Å².